The Balaban J connectivity index is 2.21. The van der Waals surface area contributed by atoms with Crippen molar-refractivity contribution >= 4 is 34.5 Å². The SMILES string of the molecule is CC(NC(C)c1c(Cl)ccc(F)c1Cl)c1nccs1. The van der Waals surface area contributed by atoms with Gasteiger partial charge >= 0.3 is 0 Å². The summed E-state index contributed by atoms with van der Waals surface area (Å²) in [5.74, 6) is -0.461. The molecule has 6 heteroatoms. The third-order valence-electron chi connectivity index (χ3n) is 2.83. The van der Waals surface area contributed by atoms with Crippen molar-refractivity contribution < 1.29 is 4.39 Å². The van der Waals surface area contributed by atoms with Gasteiger partial charge in [0.25, 0.3) is 0 Å². The Morgan fingerprint density at radius 1 is 1.26 bits per heavy atom. The molecule has 19 heavy (non-hydrogen) atoms. The second-order valence-corrected chi connectivity index (χ2v) is 5.95. The highest BCUT2D eigenvalue weighted by Crippen LogP contribution is 2.33. The molecule has 1 aromatic heterocycles. The third-order valence-corrected chi connectivity index (χ3v) is 4.51. The lowest BCUT2D eigenvalue weighted by molar-refractivity contribution is 0.490. The number of hydrogen-bond acceptors (Lipinski definition) is 3. The van der Waals surface area contributed by atoms with E-state index in [2.05, 4.69) is 10.3 Å². The zero-order valence-electron chi connectivity index (χ0n) is 10.5. The summed E-state index contributed by atoms with van der Waals surface area (Å²) in [6.07, 6.45) is 1.75. The molecule has 0 aliphatic carbocycles. The molecule has 102 valence electrons. The van der Waals surface area contributed by atoms with Crippen LogP contribution in [0.4, 0.5) is 4.39 Å². The van der Waals surface area contributed by atoms with Gasteiger partial charge in [0.2, 0.25) is 0 Å². The zero-order chi connectivity index (χ0) is 14.0. The van der Waals surface area contributed by atoms with Crippen molar-refractivity contribution in [2.75, 3.05) is 0 Å². The minimum absolute atomic E-state index is 0.0467. The summed E-state index contributed by atoms with van der Waals surface area (Å²) in [4.78, 5) is 4.24. The maximum Gasteiger partial charge on any atom is 0.142 e. The van der Waals surface area contributed by atoms with Crippen LogP contribution in [-0.2, 0) is 0 Å². The summed E-state index contributed by atoms with van der Waals surface area (Å²) in [5, 5.41) is 6.73. The van der Waals surface area contributed by atoms with Crippen LogP contribution < -0.4 is 5.32 Å². The Kier molecular flexibility index (Phi) is 4.79. The minimum Gasteiger partial charge on any atom is -0.301 e. The van der Waals surface area contributed by atoms with Crippen molar-refractivity contribution in [3.05, 3.63) is 50.1 Å². The highest BCUT2D eigenvalue weighted by Gasteiger charge is 2.19. The molecule has 0 saturated carbocycles. The van der Waals surface area contributed by atoms with Crippen molar-refractivity contribution in [2.45, 2.75) is 25.9 Å². The van der Waals surface area contributed by atoms with E-state index >= 15 is 0 Å². The predicted octanol–water partition coefficient (Wildman–Crippen LogP) is 5.00. The number of thiazole rings is 1. The molecule has 2 unspecified atom stereocenters. The number of nitrogens with one attached hydrogen (secondary N) is 1. The molecule has 1 heterocycles. The van der Waals surface area contributed by atoms with E-state index in [0.29, 0.717) is 10.6 Å². The van der Waals surface area contributed by atoms with E-state index in [1.807, 2.05) is 19.2 Å². The summed E-state index contributed by atoms with van der Waals surface area (Å²) in [5.41, 5.74) is 0.576. The molecule has 1 N–H and O–H groups in total. The van der Waals surface area contributed by atoms with Crippen LogP contribution in [0.3, 0.4) is 0 Å². The van der Waals surface area contributed by atoms with Crippen molar-refractivity contribution in [1.82, 2.24) is 10.3 Å². The van der Waals surface area contributed by atoms with Crippen LogP contribution in [0.15, 0.2) is 23.7 Å². The summed E-state index contributed by atoms with van der Waals surface area (Å²) in [6, 6.07) is 2.66. The first-order valence-corrected chi connectivity index (χ1v) is 7.43. The molecule has 2 atom stereocenters. The normalized spacial score (nSPS) is 14.4. The summed E-state index contributed by atoms with van der Waals surface area (Å²) in [7, 11) is 0. The molecule has 0 radical (unpaired) electrons. The molecule has 1 aromatic carbocycles. The van der Waals surface area contributed by atoms with E-state index in [9.17, 15) is 4.39 Å². The highest BCUT2D eigenvalue weighted by atomic mass is 35.5. The Labute approximate surface area is 125 Å². The maximum atomic E-state index is 13.5. The van der Waals surface area contributed by atoms with Gasteiger partial charge in [-0.2, -0.15) is 0 Å². The summed E-state index contributed by atoms with van der Waals surface area (Å²) < 4.78 is 13.5. The van der Waals surface area contributed by atoms with Crippen LogP contribution >= 0.6 is 34.5 Å². The quantitative estimate of drug-likeness (QED) is 0.802. The molecule has 0 bridgehead atoms. The standard InChI is InChI=1S/C13H13Cl2FN2S/c1-7(18-8(2)13-17-5-6-19-13)11-9(14)3-4-10(16)12(11)15/h3-8,18H,1-2H3. The van der Waals surface area contributed by atoms with Crippen LogP contribution in [0.5, 0.6) is 0 Å². The monoisotopic (exact) mass is 318 g/mol. The van der Waals surface area contributed by atoms with E-state index in [1.54, 1.807) is 17.5 Å². The average molecular weight is 319 g/mol. The first kappa shape index (κ1) is 14.7. The van der Waals surface area contributed by atoms with Crippen molar-refractivity contribution in [3.63, 3.8) is 0 Å². The number of aromatic nitrogens is 1. The molecular formula is C13H13Cl2FN2S. The van der Waals surface area contributed by atoms with Crippen LogP contribution in [0.1, 0.15) is 36.5 Å². The van der Waals surface area contributed by atoms with Gasteiger partial charge < -0.3 is 5.32 Å². The number of rotatable bonds is 4. The molecule has 0 aliphatic rings. The molecule has 0 spiro atoms. The number of halogens is 3. The van der Waals surface area contributed by atoms with Crippen molar-refractivity contribution in [3.8, 4) is 0 Å². The average Bonchev–Trinajstić information content (AvgIpc) is 2.88. The van der Waals surface area contributed by atoms with Crippen molar-refractivity contribution in [1.29, 1.82) is 0 Å². The third kappa shape index (κ3) is 3.26. The van der Waals surface area contributed by atoms with Crippen LogP contribution in [-0.4, -0.2) is 4.98 Å². The maximum absolute atomic E-state index is 13.5. The molecule has 0 amide bonds. The first-order chi connectivity index (χ1) is 9.00. The summed E-state index contributed by atoms with van der Waals surface area (Å²) in [6.45, 7) is 3.90. The molecule has 2 rings (SSSR count). The van der Waals surface area contributed by atoms with Gasteiger partial charge in [-0.25, -0.2) is 9.37 Å². The van der Waals surface area contributed by atoms with Crippen molar-refractivity contribution in [2.24, 2.45) is 0 Å². The van der Waals surface area contributed by atoms with Gasteiger partial charge in [0.05, 0.1) is 11.1 Å². The van der Waals surface area contributed by atoms with Gasteiger partial charge in [0.1, 0.15) is 10.8 Å². The predicted molar refractivity (Wildman–Crippen MR) is 78.5 cm³/mol. The second kappa shape index (κ2) is 6.18. The van der Waals surface area contributed by atoms with Gasteiger partial charge in [0.15, 0.2) is 0 Å². The Morgan fingerprint density at radius 3 is 2.63 bits per heavy atom. The van der Waals surface area contributed by atoms with Gasteiger partial charge in [-0.1, -0.05) is 23.2 Å². The molecule has 2 nitrogen and oxygen atoms in total. The Hall–Kier alpha value is -0.680. The van der Waals surface area contributed by atoms with E-state index in [4.69, 9.17) is 23.2 Å². The van der Waals surface area contributed by atoms with Crippen LogP contribution in [0, 0.1) is 5.82 Å². The lowest BCUT2D eigenvalue weighted by Gasteiger charge is -2.21. The molecule has 0 fully saturated rings. The van der Waals surface area contributed by atoms with Crippen LogP contribution in [0.25, 0.3) is 0 Å². The molecule has 0 saturated heterocycles. The van der Waals surface area contributed by atoms with E-state index in [0.717, 1.165) is 5.01 Å². The minimum atomic E-state index is -0.461. The number of nitrogens with zero attached hydrogens (tertiary/aromatic N) is 1. The summed E-state index contributed by atoms with van der Waals surface area (Å²) >= 11 is 13.7. The van der Waals surface area contributed by atoms with Crippen LogP contribution in [0.2, 0.25) is 10.0 Å². The Bertz CT molecular complexity index is 560. The fourth-order valence-corrected chi connectivity index (χ4v) is 3.27. The Morgan fingerprint density at radius 2 is 2.00 bits per heavy atom. The lowest BCUT2D eigenvalue weighted by atomic mass is 10.1. The van der Waals surface area contributed by atoms with Gasteiger partial charge in [-0.15, -0.1) is 11.3 Å². The smallest absolute Gasteiger partial charge is 0.142 e. The first-order valence-electron chi connectivity index (χ1n) is 5.79. The van der Waals surface area contributed by atoms with E-state index in [-0.39, 0.29) is 17.1 Å². The zero-order valence-corrected chi connectivity index (χ0v) is 12.8. The fraction of sp³-hybridized carbons (Fsp3) is 0.308. The lowest BCUT2D eigenvalue weighted by Crippen LogP contribution is -2.23. The largest absolute Gasteiger partial charge is 0.301 e. The number of benzene rings is 1. The topological polar surface area (TPSA) is 24.9 Å². The highest BCUT2D eigenvalue weighted by molar-refractivity contribution is 7.09. The molecule has 2 aromatic rings. The second-order valence-electron chi connectivity index (χ2n) is 4.24. The van der Waals surface area contributed by atoms with Gasteiger partial charge in [0, 0.05) is 28.2 Å². The molecule has 0 aliphatic heterocycles. The number of hydrogen-bond donors (Lipinski definition) is 1. The molecular weight excluding hydrogens is 306 g/mol. The van der Waals surface area contributed by atoms with Gasteiger partial charge in [-0.05, 0) is 26.0 Å². The van der Waals surface area contributed by atoms with Gasteiger partial charge in [-0.3, -0.25) is 0 Å². The fourth-order valence-electron chi connectivity index (χ4n) is 1.92. The van der Waals surface area contributed by atoms with E-state index < -0.39 is 5.82 Å². The van der Waals surface area contributed by atoms with E-state index in [1.165, 1.54) is 12.1 Å².